The van der Waals surface area contributed by atoms with Crippen LogP contribution in [0.15, 0.2) is 67.0 Å². The molecule has 0 saturated carbocycles. The molecule has 0 fully saturated rings. The molecular formula is C34H45N3O3. The average molecular weight is 544 g/mol. The molecule has 2 aromatic heterocycles. The highest BCUT2D eigenvalue weighted by molar-refractivity contribution is 5.84. The summed E-state index contributed by atoms with van der Waals surface area (Å²) < 4.78 is 5.00. The molecule has 3 rings (SSSR count). The van der Waals surface area contributed by atoms with Gasteiger partial charge in [0, 0.05) is 29.9 Å². The zero-order chi connectivity index (χ0) is 28.4. The Bertz CT molecular complexity index is 1090. The lowest BCUT2D eigenvalue weighted by molar-refractivity contribution is -0.145. The van der Waals surface area contributed by atoms with Crippen molar-refractivity contribution >= 4 is 11.9 Å². The molecule has 1 N–H and O–H groups in total. The number of rotatable bonds is 18. The van der Waals surface area contributed by atoms with Crippen LogP contribution in [0.3, 0.4) is 0 Å². The Balaban J connectivity index is 1.53. The minimum Gasteiger partial charge on any atom is -0.467 e. The number of methoxy groups -OCH3 is 1. The second-order valence-electron chi connectivity index (χ2n) is 10.5. The van der Waals surface area contributed by atoms with Gasteiger partial charge in [-0.05, 0) is 73.7 Å². The van der Waals surface area contributed by atoms with E-state index >= 15 is 0 Å². The lowest BCUT2D eigenvalue weighted by Crippen LogP contribution is -2.41. The quantitative estimate of drug-likeness (QED) is 0.131. The molecule has 0 saturated heterocycles. The van der Waals surface area contributed by atoms with Crippen LogP contribution < -0.4 is 5.32 Å². The first-order chi connectivity index (χ1) is 19.6. The molecule has 0 aliphatic rings. The first-order valence-electron chi connectivity index (χ1n) is 14.9. The first kappa shape index (κ1) is 31.0. The predicted octanol–water partition coefficient (Wildman–Crippen LogP) is 7.71. The number of aryl methyl sites for hydroxylation is 1. The molecule has 6 heteroatoms. The lowest BCUT2D eigenvalue weighted by atomic mass is 9.97. The third kappa shape index (κ3) is 10.9. The molecule has 0 aliphatic heterocycles. The van der Waals surface area contributed by atoms with E-state index in [0.29, 0.717) is 12.8 Å². The number of hydrogen-bond donors (Lipinski definition) is 1. The molecule has 0 bridgehead atoms. The number of ether oxygens (including phenoxy) is 1. The van der Waals surface area contributed by atoms with Crippen LogP contribution in [0.4, 0.5) is 0 Å². The summed E-state index contributed by atoms with van der Waals surface area (Å²) in [4.78, 5) is 34.1. The largest absolute Gasteiger partial charge is 0.467 e. The van der Waals surface area contributed by atoms with E-state index in [2.05, 4.69) is 40.4 Å². The van der Waals surface area contributed by atoms with Crippen LogP contribution in [0.5, 0.6) is 0 Å². The molecule has 1 amide bonds. The molecule has 1 aromatic carbocycles. The van der Waals surface area contributed by atoms with E-state index in [-0.39, 0.29) is 5.91 Å². The highest BCUT2D eigenvalue weighted by Gasteiger charge is 2.21. The summed E-state index contributed by atoms with van der Waals surface area (Å²) in [6.07, 6.45) is 16.9. The van der Waals surface area contributed by atoms with Gasteiger partial charge < -0.3 is 10.1 Å². The van der Waals surface area contributed by atoms with E-state index in [4.69, 9.17) is 4.74 Å². The summed E-state index contributed by atoms with van der Waals surface area (Å²) in [5.74, 6) is -0.468. The molecule has 3 aromatic rings. The summed E-state index contributed by atoms with van der Waals surface area (Å²) in [6.45, 7) is 2.23. The van der Waals surface area contributed by atoms with Gasteiger partial charge in [0.2, 0.25) is 5.91 Å². The number of nitrogens with one attached hydrogen (secondary N) is 1. The Morgan fingerprint density at radius 1 is 0.775 bits per heavy atom. The van der Waals surface area contributed by atoms with E-state index in [0.717, 1.165) is 60.2 Å². The molecule has 40 heavy (non-hydrogen) atoms. The summed E-state index contributed by atoms with van der Waals surface area (Å²) in [5, 5.41) is 2.92. The van der Waals surface area contributed by atoms with E-state index < -0.39 is 12.0 Å². The van der Waals surface area contributed by atoms with Gasteiger partial charge in [-0.15, -0.1) is 0 Å². The molecule has 0 spiro atoms. The highest BCUT2D eigenvalue weighted by Crippen LogP contribution is 2.27. The molecular weight excluding hydrogens is 498 g/mol. The van der Waals surface area contributed by atoms with E-state index in [1.54, 1.807) is 12.4 Å². The number of hydrogen-bond acceptors (Lipinski definition) is 5. The number of pyridine rings is 2. The third-order valence-electron chi connectivity index (χ3n) is 7.20. The normalized spacial score (nSPS) is 11.7. The molecule has 0 unspecified atom stereocenters. The Labute approximate surface area is 240 Å². The maximum Gasteiger partial charge on any atom is 0.328 e. The smallest absolute Gasteiger partial charge is 0.328 e. The van der Waals surface area contributed by atoms with Gasteiger partial charge in [0.05, 0.1) is 18.5 Å². The average Bonchev–Trinajstić information content (AvgIpc) is 3.00. The minimum atomic E-state index is -0.634. The van der Waals surface area contributed by atoms with Crippen molar-refractivity contribution in [3.8, 4) is 22.5 Å². The fraction of sp³-hybridized carbons (Fsp3) is 0.471. The predicted molar refractivity (Wildman–Crippen MR) is 162 cm³/mol. The van der Waals surface area contributed by atoms with Crippen LogP contribution in [0.1, 0.15) is 89.5 Å². The molecule has 6 nitrogen and oxygen atoms in total. The van der Waals surface area contributed by atoms with Crippen LogP contribution in [-0.4, -0.2) is 35.0 Å². The van der Waals surface area contributed by atoms with E-state index in [1.165, 1.54) is 45.6 Å². The molecule has 2 heterocycles. The molecule has 1 atom stereocenters. The van der Waals surface area contributed by atoms with Crippen LogP contribution in [0, 0.1) is 0 Å². The van der Waals surface area contributed by atoms with Gasteiger partial charge in [-0.25, -0.2) is 4.79 Å². The van der Waals surface area contributed by atoms with Crippen molar-refractivity contribution < 1.29 is 14.3 Å². The summed E-state index contributed by atoms with van der Waals surface area (Å²) in [7, 11) is 1.37. The topological polar surface area (TPSA) is 81.2 Å². The Hall–Kier alpha value is -3.54. The summed E-state index contributed by atoms with van der Waals surface area (Å²) >= 11 is 0. The van der Waals surface area contributed by atoms with Crippen molar-refractivity contribution in [2.45, 2.75) is 96.4 Å². The third-order valence-corrected chi connectivity index (χ3v) is 7.20. The Morgan fingerprint density at radius 3 is 1.88 bits per heavy atom. The number of amides is 1. The van der Waals surface area contributed by atoms with Crippen LogP contribution >= 0.6 is 0 Å². The van der Waals surface area contributed by atoms with Crippen LogP contribution in [0.25, 0.3) is 22.5 Å². The Kier molecular flexibility index (Phi) is 13.9. The zero-order valence-corrected chi connectivity index (χ0v) is 24.2. The molecule has 214 valence electrons. The van der Waals surface area contributed by atoms with Crippen molar-refractivity contribution in [3.63, 3.8) is 0 Å². The number of benzene rings is 1. The lowest BCUT2D eigenvalue weighted by Gasteiger charge is -2.17. The van der Waals surface area contributed by atoms with Crippen molar-refractivity contribution in [1.82, 2.24) is 15.3 Å². The van der Waals surface area contributed by atoms with Crippen molar-refractivity contribution in [1.29, 1.82) is 0 Å². The van der Waals surface area contributed by atoms with Crippen molar-refractivity contribution in [2.75, 3.05) is 7.11 Å². The second kappa shape index (κ2) is 17.9. The van der Waals surface area contributed by atoms with E-state index in [1.807, 2.05) is 36.4 Å². The Morgan fingerprint density at radius 2 is 1.35 bits per heavy atom. The monoisotopic (exact) mass is 543 g/mol. The number of nitrogens with zero attached hydrogens (tertiary/aromatic N) is 2. The highest BCUT2D eigenvalue weighted by atomic mass is 16.5. The number of unbranched alkanes of at least 4 members (excludes halogenated alkanes) is 8. The van der Waals surface area contributed by atoms with Gasteiger partial charge >= 0.3 is 5.97 Å². The SMILES string of the molecule is CCCCCCCCCCCC(=O)N[C@@H](CCCc1cc(-c2ccccn2)cc(-c2ccccn2)c1)C(=O)OC. The molecule has 0 aliphatic carbocycles. The number of esters is 1. The van der Waals surface area contributed by atoms with Crippen LogP contribution in [0.2, 0.25) is 0 Å². The van der Waals surface area contributed by atoms with Gasteiger partial charge in [-0.2, -0.15) is 0 Å². The fourth-order valence-corrected chi connectivity index (χ4v) is 4.96. The number of aromatic nitrogens is 2. The van der Waals surface area contributed by atoms with Crippen LogP contribution in [-0.2, 0) is 20.7 Å². The standard InChI is InChI=1S/C34H45N3O3/c1-3-4-5-6-7-8-9-10-11-21-33(38)37-32(34(39)40-2)20-16-17-27-24-28(30-18-12-14-22-35-30)26-29(25-27)31-19-13-15-23-36-31/h12-15,18-19,22-26,32H,3-11,16-17,20-21H2,1-2H3,(H,37,38)/t32-/m0/s1. The summed E-state index contributed by atoms with van der Waals surface area (Å²) in [6, 6.07) is 17.5. The number of carbonyl (C=O) groups is 2. The zero-order valence-electron chi connectivity index (χ0n) is 24.2. The van der Waals surface area contributed by atoms with Crippen molar-refractivity contribution in [2.24, 2.45) is 0 Å². The second-order valence-corrected chi connectivity index (χ2v) is 10.5. The van der Waals surface area contributed by atoms with E-state index in [9.17, 15) is 9.59 Å². The minimum absolute atomic E-state index is 0.0760. The summed E-state index contributed by atoms with van der Waals surface area (Å²) in [5.41, 5.74) is 4.99. The number of carbonyl (C=O) groups excluding carboxylic acids is 2. The van der Waals surface area contributed by atoms with Gasteiger partial charge in [-0.3, -0.25) is 14.8 Å². The van der Waals surface area contributed by atoms with Gasteiger partial charge in [0.1, 0.15) is 6.04 Å². The van der Waals surface area contributed by atoms with Gasteiger partial charge in [0.25, 0.3) is 0 Å². The maximum atomic E-state index is 12.6. The van der Waals surface area contributed by atoms with Gasteiger partial charge in [-0.1, -0.05) is 70.4 Å². The molecule has 0 radical (unpaired) electrons. The van der Waals surface area contributed by atoms with Gasteiger partial charge in [0.15, 0.2) is 0 Å². The van der Waals surface area contributed by atoms with Crippen molar-refractivity contribution in [3.05, 3.63) is 72.6 Å². The maximum absolute atomic E-state index is 12.6. The first-order valence-corrected chi connectivity index (χ1v) is 14.9. The fourth-order valence-electron chi connectivity index (χ4n) is 4.96.